The largest absolute Gasteiger partial charge is 0.488 e. The second-order valence-corrected chi connectivity index (χ2v) is 11.4. The first kappa shape index (κ1) is 32.3. The molecule has 1 aliphatic rings. The topological polar surface area (TPSA) is 143 Å². The number of ether oxygens (including phenoxy) is 4. The predicted octanol–water partition coefficient (Wildman–Crippen LogP) is 6.17. The maximum Gasteiger partial charge on any atom is 0.317 e. The Bertz CT molecular complexity index is 1820. The number of carboxylic acids is 1. The van der Waals surface area contributed by atoms with E-state index in [0.717, 1.165) is 22.3 Å². The number of aliphatic hydroxyl groups excluding tert-OH is 1. The lowest BCUT2D eigenvalue weighted by Crippen LogP contribution is -2.33. The Morgan fingerprint density at radius 1 is 1.07 bits per heavy atom. The average molecular weight is 642 g/mol. The molecule has 46 heavy (non-hydrogen) atoms. The molecule has 0 fully saturated rings. The zero-order chi connectivity index (χ0) is 32.7. The van der Waals surface area contributed by atoms with Crippen LogP contribution in [0.25, 0.3) is 11.1 Å². The number of aliphatic hydroxyl groups is 1. The summed E-state index contributed by atoms with van der Waals surface area (Å²) in [6, 6.07) is 18.8. The first-order valence-corrected chi connectivity index (χ1v) is 14.8. The van der Waals surface area contributed by atoms with Crippen LogP contribution in [-0.4, -0.2) is 47.2 Å². The summed E-state index contributed by atoms with van der Waals surface area (Å²) in [5.74, 6) is 1.20. The molecule has 2 heterocycles. The monoisotopic (exact) mass is 641 g/mol. The van der Waals surface area contributed by atoms with Crippen LogP contribution in [0.4, 0.5) is 0 Å². The number of carbonyl (C=O) groups is 1. The van der Waals surface area contributed by atoms with E-state index in [0.29, 0.717) is 57.9 Å². The quantitative estimate of drug-likeness (QED) is 0.174. The number of hydrogen-bond donors (Lipinski definition) is 2. The zero-order valence-electron chi connectivity index (χ0n) is 25.3. The van der Waals surface area contributed by atoms with Gasteiger partial charge in [0.2, 0.25) is 0 Å². The summed E-state index contributed by atoms with van der Waals surface area (Å²) >= 11 is 6.88. The van der Waals surface area contributed by atoms with Gasteiger partial charge < -0.3 is 29.2 Å². The highest BCUT2D eigenvalue weighted by Gasteiger charge is 2.30. The van der Waals surface area contributed by atoms with Gasteiger partial charge in [-0.3, -0.25) is 14.8 Å². The number of aliphatic carboxylic acids is 1. The maximum atomic E-state index is 11.6. The Hall–Kier alpha value is -5.11. The molecule has 1 atom stereocenters. The number of nitriles is 1. The van der Waals surface area contributed by atoms with Gasteiger partial charge in [-0.25, -0.2) is 0 Å². The highest BCUT2D eigenvalue weighted by atomic mass is 35.5. The molecular weight excluding hydrogens is 610 g/mol. The third kappa shape index (κ3) is 7.40. The third-order valence-corrected chi connectivity index (χ3v) is 7.89. The minimum absolute atomic E-state index is 0.0964. The van der Waals surface area contributed by atoms with Crippen molar-refractivity contribution in [3.05, 3.63) is 99.8 Å². The van der Waals surface area contributed by atoms with E-state index in [-0.39, 0.29) is 19.8 Å². The molecule has 1 aromatic heterocycles. The van der Waals surface area contributed by atoms with E-state index in [2.05, 4.69) is 16.0 Å². The van der Waals surface area contributed by atoms with Gasteiger partial charge in [0.1, 0.15) is 49.4 Å². The van der Waals surface area contributed by atoms with Gasteiger partial charge in [-0.2, -0.15) is 5.26 Å². The van der Waals surface area contributed by atoms with Crippen LogP contribution in [0, 0.1) is 23.7 Å². The van der Waals surface area contributed by atoms with Gasteiger partial charge in [0.15, 0.2) is 11.5 Å². The number of benzene rings is 3. The van der Waals surface area contributed by atoms with Crippen molar-refractivity contribution >= 4 is 23.8 Å². The van der Waals surface area contributed by atoms with Gasteiger partial charge in [0.25, 0.3) is 0 Å². The van der Waals surface area contributed by atoms with Crippen LogP contribution in [0.1, 0.15) is 34.7 Å². The zero-order valence-corrected chi connectivity index (χ0v) is 26.1. The second-order valence-electron chi connectivity index (χ2n) is 11.0. The van der Waals surface area contributed by atoms with E-state index in [9.17, 15) is 20.3 Å². The lowest BCUT2D eigenvalue weighted by atomic mass is 9.94. The van der Waals surface area contributed by atoms with Gasteiger partial charge in [0.05, 0.1) is 23.7 Å². The maximum absolute atomic E-state index is 11.6. The molecule has 0 saturated carbocycles. The van der Waals surface area contributed by atoms with Crippen molar-refractivity contribution in [1.82, 2.24) is 4.98 Å². The van der Waals surface area contributed by atoms with Gasteiger partial charge in [0, 0.05) is 46.9 Å². The fourth-order valence-corrected chi connectivity index (χ4v) is 5.01. The van der Waals surface area contributed by atoms with Gasteiger partial charge in [-0.15, -0.1) is 0 Å². The van der Waals surface area contributed by atoms with Crippen LogP contribution in [-0.2, 0) is 24.6 Å². The Labute approximate surface area is 271 Å². The van der Waals surface area contributed by atoms with Crippen molar-refractivity contribution in [2.75, 3.05) is 19.8 Å². The lowest BCUT2D eigenvalue weighted by Gasteiger charge is -2.19. The minimum Gasteiger partial charge on any atom is -0.488 e. The van der Waals surface area contributed by atoms with Crippen molar-refractivity contribution in [2.45, 2.75) is 33.6 Å². The van der Waals surface area contributed by atoms with Crippen molar-refractivity contribution < 1.29 is 34.0 Å². The molecule has 2 N–H and O–H groups in total. The summed E-state index contributed by atoms with van der Waals surface area (Å²) in [7, 11) is 0. The summed E-state index contributed by atoms with van der Waals surface area (Å²) in [5, 5.41) is 28.8. The number of aromatic nitrogens is 1. The SMILES string of the molecule is Cc1cc(CN=CC(C)(CO)C(=O)O)c(OCc2cncc(C#N)c2)cc1OCc1cccc(-c2ccc3c(c2)OCCO3)c1Cl. The number of aryl methyl sites for hydroxylation is 1. The molecule has 10 nitrogen and oxygen atoms in total. The van der Waals surface area contributed by atoms with Crippen molar-refractivity contribution in [1.29, 1.82) is 5.26 Å². The van der Waals surface area contributed by atoms with E-state index >= 15 is 0 Å². The summed E-state index contributed by atoms with van der Waals surface area (Å²) < 4.78 is 23.8. The highest BCUT2D eigenvalue weighted by molar-refractivity contribution is 6.34. The number of fused-ring (bicyclic) bond motifs is 1. The van der Waals surface area contributed by atoms with Crippen LogP contribution in [0.3, 0.4) is 0 Å². The van der Waals surface area contributed by atoms with Crippen molar-refractivity contribution in [2.24, 2.45) is 10.4 Å². The van der Waals surface area contributed by atoms with Crippen molar-refractivity contribution in [3.63, 3.8) is 0 Å². The molecule has 0 bridgehead atoms. The number of nitrogens with zero attached hydrogens (tertiary/aromatic N) is 3. The normalized spacial score (nSPS) is 13.5. The standard InChI is InChI=1S/C35H32ClN3O7/c1-22-10-27(17-39-20-35(2,21-40)34(41)42)31(45-18-24-11-23(14-37)15-38-16-24)13-30(22)46-19-26-4-3-5-28(33(26)36)25-6-7-29-32(12-25)44-9-8-43-29/h3-7,10-13,15-16,20,40H,8-9,17-19,21H2,1-2H3,(H,41,42). The molecule has 0 radical (unpaired) electrons. The van der Waals surface area contributed by atoms with E-state index in [4.69, 9.17) is 30.5 Å². The molecule has 1 unspecified atom stereocenters. The Kier molecular flexibility index (Phi) is 10.1. The minimum atomic E-state index is -1.52. The molecule has 0 amide bonds. The second kappa shape index (κ2) is 14.3. The number of rotatable bonds is 12. The number of hydrogen-bond acceptors (Lipinski definition) is 9. The van der Waals surface area contributed by atoms with Crippen molar-refractivity contribution in [3.8, 4) is 40.2 Å². The molecule has 3 aromatic carbocycles. The Morgan fingerprint density at radius 3 is 2.61 bits per heavy atom. The summed E-state index contributed by atoms with van der Waals surface area (Å²) in [5.41, 5.74) is 3.56. The number of aliphatic imine (C=N–C) groups is 1. The van der Waals surface area contributed by atoms with Crippen LogP contribution in [0.15, 0.2) is 72.0 Å². The number of carboxylic acid groups (broad SMARTS) is 1. The smallest absolute Gasteiger partial charge is 0.317 e. The molecule has 1 aliphatic heterocycles. The summed E-state index contributed by atoms with van der Waals surface area (Å²) in [6.07, 6.45) is 4.31. The number of halogens is 1. The molecule has 236 valence electrons. The predicted molar refractivity (Wildman–Crippen MR) is 172 cm³/mol. The van der Waals surface area contributed by atoms with Crippen LogP contribution in [0.5, 0.6) is 23.0 Å². The Morgan fingerprint density at radius 2 is 1.85 bits per heavy atom. The van der Waals surface area contributed by atoms with Crippen LogP contribution in [0.2, 0.25) is 5.02 Å². The van der Waals surface area contributed by atoms with Crippen LogP contribution >= 0.6 is 11.6 Å². The summed E-state index contributed by atoms with van der Waals surface area (Å²) in [4.78, 5) is 20.0. The number of pyridine rings is 1. The van der Waals surface area contributed by atoms with Crippen LogP contribution < -0.4 is 18.9 Å². The van der Waals surface area contributed by atoms with Gasteiger partial charge >= 0.3 is 5.97 Å². The average Bonchev–Trinajstić information content (AvgIpc) is 3.07. The van der Waals surface area contributed by atoms with Gasteiger partial charge in [-0.1, -0.05) is 35.9 Å². The van der Waals surface area contributed by atoms with Gasteiger partial charge in [-0.05, 0) is 49.2 Å². The molecule has 0 spiro atoms. The fraction of sp³-hybridized carbons (Fsp3) is 0.257. The molecule has 0 aliphatic carbocycles. The molecular formula is C35H32ClN3O7. The van der Waals surface area contributed by atoms with E-state index in [1.54, 1.807) is 18.3 Å². The molecule has 5 rings (SSSR count). The molecule has 11 heteroatoms. The first-order chi connectivity index (χ1) is 22.2. The molecule has 0 saturated heterocycles. The first-order valence-electron chi connectivity index (χ1n) is 14.5. The lowest BCUT2D eigenvalue weighted by molar-refractivity contribution is -0.145. The third-order valence-electron chi connectivity index (χ3n) is 7.45. The summed E-state index contributed by atoms with van der Waals surface area (Å²) in [6.45, 7) is 4.07. The highest BCUT2D eigenvalue weighted by Crippen LogP contribution is 2.38. The van der Waals surface area contributed by atoms with E-state index in [1.165, 1.54) is 19.3 Å². The Balaban J connectivity index is 1.39. The van der Waals surface area contributed by atoms with E-state index < -0.39 is 18.0 Å². The molecule has 4 aromatic rings. The fourth-order valence-electron chi connectivity index (χ4n) is 4.72. The van der Waals surface area contributed by atoms with E-state index in [1.807, 2.05) is 49.4 Å².